The van der Waals surface area contributed by atoms with Crippen molar-refractivity contribution in [1.29, 1.82) is 0 Å². The van der Waals surface area contributed by atoms with E-state index in [0.717, 1.165) is 41.6 Å². The second-order valence-electron chi connectivity index (χ2n) is 7.50. The fourth-order valence-corrected chi connectivity index (χ4v) is 4.25. The summed E-state index contributed by atoms with van der Waals surface area (Å²) in [5, 5.41) is 0.867. The van der Waals surface area contributed by atoms with Crippen LogP contribution in [-0.4, -0.2) is 53.0 Å². The predicted octanol–water partition coefficient (Wildman–Crippen LogP) is 3.52. The summed E-state index contributed by atoms with van der Waals surface area (Å²) in [4.78, 5) is 21.3. The Kier molecular flexibility index (Phi) is 7.22. The first-order chi connectivity index (χ1) is 15.2. The number of anilines is 1. The van der Waals surface area contributed by atoms with E-state index in [9.17, 15) is 9.18 Å². The van der Waals surface area contributed by atoms with Crippen LogP contribution in [0.1, 0.15) is 23.4 Å². The number of carbonyl (C=O) groups excluding carboxylic acids is 1. The van der Waals surface area contributed by atoms with Gasteiger partial charge in [-0.1, -0.05) is 42.5 Å². The molecule has 1 saturated heterocycles. The molecular formula is C23H25FN4O2S. The number of amides is 1. The molecule has 1 aliphatic rings. The zero-order chi connectivity index (χ0) is 21.5. The Morgan fingerprint density at radius 3 is 2.61 bits per heavy atom. The second-order valence-corrected chi connectivity index (χ2v) is 8.23. The Bertz CT molecular complexity index is 981. The van der Waals surface area contributed by atoms with E-state index in [4.69, 9.17) is 4.74 Å². The summed E-state index contributed by atoms with van der Waals surface area (Å²) in [5.41, 5.74) is 2.04. The number of benzene rings is 2. The Morgan fingerprint density at radius 1 is 1.00 bits per heavy atom. The first-order valence-corrected chi connectivity index (χ1v) is 11.2. The molecule has 2 heterocycles. The summed E-state index contributed by atoms with van der Waals surface area (Å²) in [6, 6.07) is 16.3. The summed E-state index contributed by atoms with van der Waals surface area (Å²) in [5.74, 6) is 0.509. The van der Waals surface area contributed by atoms with E-state index in [1.807, 2.05) is 35.2 Å². The number of ether oxygens (including phenoxy) is 1. The lowest BCUT2D eigenvalue weighted by molar-refractivity contribution is -0.136. The minimum Gasteiger partial charge on any atom is -0.367 e. The highest BCUT2D eigenvalue weighted by molar-refractivity contribution is 7.09. The van der Waals surface area contributed by atoms with Gasteiger partial charge in [0.2, 0.25) is 11.0 Å². The van der Waals surface area contributed by atoms with E-state index >= 15 is 0 Å². The standard InChI is InChI=1S/C23H25FN4O2S/c24-20-9-7-18(8-10-20)15-21-25-23(31-26-21)28-12-4-11-27(13-14-28)22(29)17-30-16-19-5-2-1-3-6-19/h1-3,5-10H,4,11-17H2. The monoisotopic (exact) mass is 440 g/mol. The number of hydrogen-bond acceptors (Lipinski definition) is 6. The Labute approximate surface area is 185 Å². The molecule has 1 aliphatic heterocycles. The zero-order valence-electron chi connectivity index (χ0n) is 17.2. The molecule has 0 radical (unpaired) electrons. The van der Waals surface area contributed by atoms with Crippen LogP contribution in [0.25, 0.3) is 0 Å². The number of halogens is 1. The van der Waals surface area contributed by atoms with Gasteiger partial charge in [-0.3, -0.25) is 4.79 Å². The number of nitrogens with zero attached hydrogens (tertiary/aromatic N) is 4. The van der Waals surface area contributed by atoms with Gasteiger partial charge in [0, 0.05) is 44.1 Å². The summed E-state index contributed by atoms with van der Waals surface area (Å²) in [6.45, 7) is 3.44. The van der Waals surface area contributed by atoms with E-state index in [2.05, 4.69) is 14.3 Å². The van der Waals surface area contributed by atoms with E-state index in [1.54, 1.807) is 12.1 Å². The molecule has 0 N–H and O–H groups in total. The van der Waals surface area contributed by atoms with Crippen molar-refractivity contribution in [2.75, 3.05) is 37.7 Å². The molecule has 1 amide bonds. The Hall–Kier alpha value is -2.84. The van der Waals surface area contributed by atoms with E-state index in [1.165, 1.54) is 23.7 Å². The number of aromatic nitrogens is 2. The minimum atomic E-state index is -0.246. The molecule has 0 saturated carbocycles. The highest BCUT2D eigenvalue weighted by atomic mass is 32.1. The van der Waals surface area contributed by atoms with Gasteiger partial charge < -0.3 is 14.5 Å². The smallest absolute Gasteiger partial charge is 0.248 e. The molecule has 8 heteroatoms. The largest absolute Gasteiger partial charge is 0.367 e. The summed E-state index contributed by atoms with van der Waals surface area (Å²) >= 11 is 1.37. The van der Waals surface area contributed by atoms with E-state index in [0.29, 0.717) is 26.1 Å². The normalized spacial score (nSPS) is 14.5. The molecule has 4 rings (SSSR count). The zero-order valence-corrected chi connectivity index (χ0v) is 18.1. The van der Waals surface area contributed by atoms with Crippen molar-refractivity contribution in [3.05, 3.63) is 77.4 Å². The predicted molar refractivity (Wildman–Crippen MR) is 119 cm³/mol. The molecule has 0 spiro atoms. The maximum atomic E-state index is 13.1. The van der Waals surface area contributed by atoms with Crippen molar-refractivity contribution in [2.45, 2.75) is 19.4 Å². The van der Waals surface area contributed by atoms with Gasteiger partial charge in [0.15, 0.2) is 0 Å². The third kappa shape index (κ3) is 6.08. The van der Waals surface area contributed by atoms with Crippen molar-refractivity contribution in [3.8, 4) is 0 Å². The quantitative estimate of drug-likeness (QED) is 0.563. The molecule has 31 heavy (non-hydrogen) atoms. The molecule has 2 aromatic carbocycles. The van der Waals surface area contributed by atoms with Gasteiger partial charge in [0.05, 0.1) is 6.61 Å². The first kappa shape index (κ1) is 21.4. The average molecular weight is 441 g/mol. The lowest BCUT2D eigenvalue weighted by Crippen LogP contribution is -2.37. The van der Waals surface area contributed by atoms with E-state index in [-0.39, 0.29) is 18.3 Å². The number of carbonyl (C=O) groups is 1. The molecule has 162 valence electrons. The van der Waals surface area contributed by atoms with Crippen LogP contribution in [0.3, 0.4) is 0 Å². The average Bonchev–Trinajstić information content (AvgIpc) is 3.10. The van der Waals surface area contributed by atoms with E-state index < -0.39 is 0 Å². The van der Waals surface area contributed by atoms with Gasteiger partial charge in [-0.15, -0.1) is 0 Å². The van der Waals surface area contributed by atoms with Crippen LogP contribution >= 0.6 is 11.5 Å². The van der Waals surface area contributed by atoms with Crippen LogP contribution in [0, 0.1) is 5.82 Å². The maximum absolute atomic E-state index is 13.1. The lowest BCUT2D eigenvalue weighted by Gasteiger charge is -2.21. The summed E-state index contributed by atoms with van der Waals surface area (Å²) in [7, 11) is 0. The third-order valence-corrected chi connectivity index (χ3v) is 6.00. The van der Waals surface area contributed by atoms with Crippen molar-refractivity contribution in [1.82, 2.24) is 14.3 Å². The van der Waals surface area contributed by atoms with Crippen LogP contribution in [0.4, 0.5) is 9.52 Å². The molecule has 0 atom stereocenters. The first-order valence-electron chi connectivity index (χ1n) is 10.4. The highest BCUT2D eigenvalue weighted by Gasteiger charge is 2.21. The van der Waals surface area contributed by atoms with Crippen molar-refractivity contribution >= 4 is 22.6 Å². The van der Waals surface area contributed by atoms with Gasteiger partial charge >= 0.3 is 0 Å². The van der Waals surface area contributed by atoms with Crippen LogP contribution in [0.2, 0.25) is 0 Å². The summed E-state index contributed by atoms with van der Waals surface area (Å²) in [6.07, 6.45) is 1.45. The Balaban J connectivity index is 1.26. The van der Waals surface area contributed by atoms with Crippen LogP contribution in [0.15, 0.2) is 54.6 Å². The SMILES string of the molecule is O=C(COCc1ccccc1)N1CCCN(c2nc(Cc3ccc(F)cc3)ns2)CC1. The molecule has 0 unspecified atom stereocenters. The number of rotatable bonds is 7. The van der Waals surface area contributed by atoms with Gasteiger partial charge in [0.25, 0.3) is 0 Å². The molecule has 1 fully saturated rings. The van der Waals surface area contributed by atoms with Crippen molar-refractivity contribution < 1.29 is 13.9 Å². The van der Waals surface area contributed by atoms with Gasteiger partial charge in [-0.2, -0.15) is 4.37 Å². The molecule has 0 bridgehead atoms. The summed E-state index contributed by atoms with van der Waals surface area (Å²) < 4.78 is 23.1. The van der Waals surface area contributed by atoms with Gasteiger partial charge in [-0.25, -0.2) is 9.37 Å². The molecule has 0 aliphatic carbocycles. The van der Waals surface area contributed by atoms with Crippen LogP contribution in [0.5, 0.6) is 0 Å². The number of hydrogen-bond donors (Lipinski definition) is 0. The minimum absolute atomic E-state index is 0.0204. The maximum Gasteiger partial charge on any atom is 0.248 e. The van der Waals surface area contributed by atoms with Crippen LogP contribution < -0.4 is 4.90 Å². The van der Waals surface area contributed by atoms with Crippen molar-refractivity contribution in [3.63, 3.8) is 0 Å². The lowest BCUT2D eigenvalue weighted by atomic mass is 10.1. The Morgan fingerprint density at radius 2 is 1.81 bits per heavy atom. The molecular weight excluding hydrogens is 415 g/mol. The third-order valence-electron chi connectivity index (χ3n) is 5.19. The molecule has 3 aromatic rings. The fourth-order valence-electron chi connectivity index (χ4n) is 3.51. The van der Waals surface area contributed by atoms with Gasteiger partial charge in [-0.05, 0) is 29.7 Å². The molecule has 6 nitrogen and oxygen atoms in total. The van der Waals surface area contributed by atoms with Gasteiger partial charge in [0.1, 0.15) is 18.2 Å². The van der Waals surface area contributed by atoms with Crippen molar-refractivity contribution in [2.24, 2.45) is 0 Å². The fraction of sp³-hybridized carbons (Fsp3) is 0.348. The topological polar surface area (TPSA) is 58.6 Å². The highest BCUT2D eigenvalue weighted by Crippen LogP contribution is 2.21. The second kappa shape index (κ2) is 10.5. The van der Waals surface area contributed by atoms with Crippen LogP contribution in [-0.2, 0) is 22.6 Å². The molecule has 1 aromatic heterocycles.